The number of hydrogen-bond acceptors (Lipinski definition) is 3. The van der Waals surface area contributed by atoms with Gasteiger partial charge in [0.05, 0.1) is 12.1 Å². The summed E-state index contributed by atoms with van der Waals surface area (Å²) in [6.45, 7) is 3.02. The number of benzene rings is 1. The molecule has 1 aromatic carbocycles. The molecule has 1 fully saturated rings. The van der Waals surface area contributed by atoms with Crippen molar-refractivity contribution >= 4 is 6.09 Å². The third-order valence-corrected chi connectivity index (χ3v) is 3.77. The highest BCUT2D eigenvalue weighted by Crippen LogP contribution is 2.22. The molecule has 20 heavy (non-hydrogen) atoms. The van der Waals surface area contributed by atoms with Gasteiger partial charge in [0.2, 0.25) is 0 Å². The second-order valence-corrected chi connectivity index (χ2v) is 5.30. The van der Waals surface area contributed by atoms with E-state index in [2.05, 4.69) is 6.92 Å². The molecule has 2 rings (SSSR count). The molecule has 1 saturated heterocycles. The van der Waals surface area contributed by atoms with Gasteiger partial charge in [-0.1, -0.05) is 43.7 Å². The Labute approximate surface area is 120 Å². The molecule has 1 amide bonds. The van der Waals surface area contributed by atoms with E-state index in [1.54, 1.807) is 4.90 Å². The number of likely N-dealkylation sites (tertiary alicyclic amines) is 1. The van der Waals surface area contributed by atoms with Crippen LogP contribution in [0.25, 0.3) is 0 Å². The summed E-state index contributed by atoms with van der Waals surface area (Å²) >= 11 is 0. The highest BCUT2D eigenvalue weighted by Gasteiger charge is 2.33. The number of hydrogen-bond donors (Lipinski definition) is 1. The maximum absolute atomic E-state index is 12.2. The van der Waals surface area contributed by atoms with Crippen molar-refractivity contribution < 1.29 is 14.6 Å². The van der Waals surface area contributed by atoms with Gasteiger partial charge in [0.25, 0.3) is 0 Å². The van der Waals surface area contributed by atoms with E-state index in [0.717, 1.165) is 31.2 Å². The maximum Gasteiger partial charge on any atom is 0.410 e. The number of carbonyl (C=O) groups excluding carboxylic acids is 1. The normalized spacial score (nSPS) is 22.6. The Kier molecular flexibility index (Phi) is 5.41. The average molecular weight is 277 g/mol. The van der Waals surface area contributed by atoms with Crippen LogP contribution in [0.2, 0.25) is 0 Å². The largest absolute Gasteiger partial charge is 0.445 e. The van der Waals surface area contributed by atoms with Crippen LogP contribution in [0.3, 0.4) is 0 Å². The smallest absolute Gasteiger partial charge is 0.410 e. The minimum Gasteiger partial charge on any atom is -0.445 e. The van der Waals surface area contributed by atoms with E-state index in [4.69, 9.17) is 4.74 Å². The summed E-state index contributed by atoms with van der Waals surface area (Å²) in [6.07, 6.45) is 2.64. The second-order valence-electron chi connectivity index (χ2n) is 5.30. The number of amides is 1. The molecular weight excluding hydrogens is 254 g/mol. The van der Waals surface area contributed by atoms with Crippen LogP contribution in [-0.4, -0.2) is 34.8 Å². The number of nitrogens with zero attached hydrogens (tertiary/aromatic N) is 1. The predicted octanol–water partition coefficient (Wildman–Crippen LogP) is 2.95. The van der Waals surface area contributed by atoms with Crippen LogP contribution in [-0.2, 0) is 11.3 Å². The van der Waals surface area contributed by atoms with Gasteiger partial charge in [0, 0.05) is 6.54 Å². The molecule has 4 heteroatoms. The third kappa shape index (κ3) is 3.73. The molecule has 0 aliphatic carbocycles. The molecule has 1 aliphatic rings. The number of rotatable bonds is 4. The monoisotopic (exact) mass is 277 g/mol. The van der Waals surface area contributed by atoms with E-state index >= 15 is 0 Å². The molecule has 1 aliphatic heterocycles. The number of piperidine rings is 1. The fourth-order valence-corrected chi connectivity index (χ4v) is 2.71. The van der Waals surface area contributed by atoms with E-state index in [1.807, 2.05) is 30.3 Å². The van der Waals surface area contributed by atoms with Gasteiger partial charge in [0.1, 0.15) is 6.61 Å². The Hall–Kier alpha value is -1.55. The lowest BCUT2D eigenvalue weighted by Crippen LogP contribution is -2.51. The van der Waals surface area contributed by atoms with E-state index < -0.39 is 6.10 Å². The Morgan fingerprint density at radius 1 is 1.40 bits per heavy atom. The summed E-state index contributed by atoms with van der Waals surface area (Å²) in [6, 6.07) is 9.55. The number of aliphatic hydroxyl groups is 1. The molecule has 0 saturated carbocycles. The predicted molar refractivity (Wildman–Crippen MR) is 77.3 cm³/mol. The lowest BCUT2D eigenvalue weighted by Gasteiger charge is -2.38. The first-order valence-electron chi connectivity index (χ1n) is 7.37. The molecule has 2 atom stereocenters. The van der Waals surface area contributed by atoms with Gasteiger partial charge < -0.3 is 14.7 Å². The minimum atomic E-state index is -0.423. The van der Waals surface area contributed by atoms with Crippen LogP contribution in [0, 0.1) is 0 Å². The van der Waals surface area contributed by atoms with Gasteiger partial charge in [-0.25, -0.2) is 4.79 Å². The Morgan fingerprint density at radius 3 is 2.85 bits per heavy atom. The first-order valence-corrected chi connectivity index (χ1v) is 7.37. The lowest BCUT2D eigenvalue weighted by molar-refractivity contribution is 0.000137. The zero-order valence-corrected chi connectivity index (χ0v) is 12.0. The number of carbonyl (C=O) groups is 1. The van der Waals surface area contributed by atoms with E-state index in [1.165, 1.54) is 0 Å². The van der Waals surface area contributed by atoms with Crippen LogP contribution in [0.5, 0.6) is 0 Å². The molecule has 4 nitrogen and oxygen atoms in total. The Balaban J connectivity index is 1.92. The SMILES string of the molecule is CCC[C@@H]1[C@H](O)CCCN1C(=O)OCc1ccccc1. The molecule has 1 aromatic rings. The topological polar surface area (TPSA) is 49.8 Å². The number of ether oxygens (including phenoxy) is 1. The molecule has 0 unspecified atom stereocenters. The van der Waals surface area contributed by atoms with Gasteiger partial charge >= 0.3 is 6.09 Å². The summed E-state index contributed by atoms with van der Waals surface area (Å²) in [7, 11) is 0. The molecule has 0 bridgehead atoms. The van der Waals surface area contributed by atoms with Crippen molar-refractivity contribution in [2.45, 2.75) is 51.4 Å². The zero-order chi connectivity index (χ0) is 14.4. The summed E-state index contributed by atoms with van der Waals surface area (Å²) in [5.74, 6) is 0. The van der Waals surface area contributed by atoms with Crippen molar-refractivity contribution in [1.82, 2.24) is 4.90 Å². The Morgan fingerprint density at radius 2 is 2.15 bits per heavy atom. The van der Waals surface area contributed by atoms with Gasteiger partial charge in [-0.3, -0.25) is 0 Å². The average Bonchev–Trinajstić information content (AvgIpc) is 2.48. The van der Waals surface area contributed by atoms with Crippen LogP contribution in [0.15, 0.2) is 30.3 Å². The fourth-order valence-electron chi connectivity index (χ4n) is 2.71. The molecule has 0 aromatic heterocycles. The molecule has 0 radical (unpaired) electrons. The van der Waals surface area contributed by atoms with Crippen molar-refractivity contribution in [2.75, 3.05) is 6.54 Å². The fraction of sp³-hybridized carbons (Fsp3) is 0.562. The Bertz CT molecular complexity index is 421. The summed E-state index contributed by atoms with van der Waals surface area (Å²) in [4.78, 5) is 13.9. The second kappa shape index (κ2) is 7.29. The molecule has 1 heterocycles. The summed E-state index contributed by atoms with van der Waals surface area (Å²) in [5, 5.41) is 10.1. The standard InChI is InChI=1S/C16H23NO3/c1-2-7-14-15(18)10-6-11-17(14)16(19)20-12-13-8-4-3-5-9-13/h3-5,8-9,14-15,18H,2,6-7,10-12H2,1H3/t14-,15-/m1/s1. The molecule has 0 spiro atoms. The van der Waals surface area contributed by atoms with Crippen molar-refractivity contribution in [3.8, 4) is 0 Å². The van der Waals surface area contributed by atoms with Gasteiger partial charge in [-0.05, 0) is 24.8 Å². The number of aliphatic hydroxyl groups excluding tert-OH is 1. The van der Waals surface area contributed by atoms with E-state index in [0.29, 0.717) is 6.54 Å². The van der Waals surface area contributed by atoms with Crippen molar-refractivity contribution in [1.29, 1.82) is 0 Å². The van der Waals surface area contributed by atoms with E-state index in [9.17, 15) is 9.90 Å². The quantitative estimate of drug-likeness (QED) is 0.920. The van der Waals surface area contributed by atoms with Gasteiger partial charge in [0.15, 0.2) is 0 Å². The first kappa shape index (κ1) is 14.9. The zero-order valence-electron chi connectivity index (χ0n) is 12.0. The highest BCUT2D eigenvalue weighted by molar-refractivity contribution is 5.68. The summed E-state index contributed by atoms with van der Waals surface area (Å²) < 4.78 is 5.37. The van der Waals surface area contributed by atoms with Crippen LogP contribution in [0.1, 0.15) is 38.2 Å². The van der Waals surface area contributed by atoms with Crippen molar-refractivity contribution in [2.24, 2.45) is 0 Å². The van der Waals surface area contributed by atoms with Crippen molar-refractivity contribution in [3.63, 3.8) is 0 Å². The van der Waals surface area contributed by atoms with Gasteiger partial charge in [-0.15, -0.1) is 0 Å². The third-order valence-electron chi connectivity index (χ3n) is 3.77. The maximum atomic E-state index is 12.2. The summed E-state index contributed by atoms with van der Waals surface area (Å²) in [5.41, 5.74) is 0.977. The molecular formula is C16H23NO3. The van der Waals surface area contributed by atoms with Crippen LogP contribution in [0.4, 0.5) is 4.79 Å². The van der Waals surface area contributed by atoms with E-state index in [-0.39, 0.29) is 18.7 Å². The minimum absolute atomic E-state index is 0.1000. The molecule has 110 valence electrons. The highest BCUT2D eigenvalue weighted by atomic mass is 16.6. The van der Waals surface area contributed by atoms with Crippen LogP contribution >= 0.6 is 0 Å². The van der Waals surface area contributed by atoms with Gasteiger partial charge in [-0.2, -0.15) is 0 Å². The van der Waals surface area contributed by atoms with Crippen molar-refractivity contribution in [3.05, 3.63) is 35.9 Å². The van der Waals surface area contributed by atoms with Crippen LogP contribution < -0.4 is 0 Å². The molecule has 1 N–H and O–H groups in total. The lowest BCUT2D eigenvalue weighted by atomic mass is 9.96. The first-order chi connectivity index (χ1) is 9.72.